The first-order valence-electron chi connectivity index (χ1n) is 6.96. The Morgan fingerprint density at radius 2 is 1.70 bits per heavy atom. The van der Waals surface area contributed by atoms with E-state index in [0.717, 1.165) is 38.2 Å². The summed E-state index contributed by atoms with van der Waals surface area (Å²) in [6, 6.07) is 5.53. The van der Waals surface area contributed by atoms with Crippen molar-refractivity contribution in [2.45, 2.75) is 45.1 Å². The molecule has 0 radical (unpaired) electrons. The molecule has 0 unspecified atom stereocenters. The second-order valence-corrected chi connectivity index (χ2v) is 5.28. The van der Waals surface area contributed by atoms with E-state index in [1.807, 2.05) is 0 Å². The van der Waals surface area contributed by atoms with Crippen molar-refractivity contribution in [2.24, 2.45) is 5.92 Å². The van der Waals surface area contributed by atoms with Gasteiger partial charge in [-0.25, -0.2) is 0 Å². The smallest absolute Gasteiger partial charge is 0.493 e. The molecule has 106 valence electrons. The van der Waals surface area contributed by atoms with Crippen LogP contribution in [0.25, 0.3) is 0 Å². The summed E-state index contributed by atoms with van der Waals surface area (Å²) >= 11 is 0. The van der Waals surface area contributed by atoms with E-state index in [9.17, 15) is 12.9 Å². The summed E-state index contributed by atoms with van der Waals surface area (Å²) in [5, 5.41) is 0. The first-order valence-corrected chi connectivity index (χ1v) is 6.96. The van der Waals surface area contributed by atoms with Crippen molar-refractivity contribution >= 4 is 12.4 Å². The predicted octanol–water partition coefficient (Wildman–Crippen LogP) is 1.09. The quantitative estimate of drug-likeness (QED) is 0.757. The van der Waals surface area contributed by atoms with Crippen LogP contribution in [0, 0.1) is 5.92 Å². The second kappa shape index (κ2) is 8.22. The molecule has 1 aromatic rings. The normalized spacial score (nSPS) is 23.0. The summed E-state index contributed by atoms with van der Waals surface area (Å²) in [4.78, 5) is 0. The summed E-state index contributed by atoms with van der Waals surface area (Å²) in [6.45, 7) is -2.85. The Hall–Kier alpha value is 0.511. The van der Waals surface area contributed by atoms with Crippen LogP contribution in [0.5, 0.6) is 5.75 Å². The van der Waals surface area contributed by atoms with Gasteiger partial charge in [0.2, 0.25) is 0 Å². The fraction of sp³-hybridized carbons (Fsp3) is 0.571. The average Bonchev–Trinajstić information content (AvgIpc) is 2.39. The maximum atomic E-state index is 12.9. The molecule has 1 saturated carbocycles. The largest absolute Gasteiger partial charge is 1.00 e. The fourth-order valence-corrected chi connectivity index (χ4v) is 2.70. The van der Waals surface area contributed by atoms with Crippen molar-refractivity contribution in [3.8, 4) is 5.75 Å². The van der Waals surface area contributed by atoms with Crippen molar-refractivity contribution in [1.29, 1.82) is 0 Å². The molecule has 6 heteroatoms. The van der Waals surface area contributed by atoms with E-state index in [1.165, 1.54) is 12.1 Å². The number of halogens is 3. The molecule has 0 N–H and O–H groups in total. The van der Waals surface area contributed by atoms with Gasteiger partial charge in [0.05, 0.1) is 11.9 Å². The van der Waals surface area contributed by atoms with Gasteiger partial charge in [-0.1, -0.05) is 37.0 Å². The maximum Gasteiger partial charge on any atom is 1.00 e. The van der Waals surface area contributed by atoms with Crippen LogP contribution in [-0.2, 0) is 0 Å². The third-order valence-corrected chi connectivity index (χ3v) is 3.94. The van der Waals surface area contributed by atoms with Crippen molar-refractivity contribution in [2.75, 3.05) is 0 Å². The summed E-state index contributed by atoms with van der Waals surface area (Å²) < 4.78 is 44.3. The SMILES string of the molecule is CCC1CCC(Oc2ccccc2[B-](F)(F)F)CC1.[K+]. The molecule has 0 spiro atoms. The Labute approximate surface area is 161 Å². The molecule has 20 heavy (non-hydrogen) atoms. The van der Waals surface area contributed by atoms with Gasteiger partial charge in [-0.2, -0.15) is 0 Å². The van der Waals surface area contributed by atoms with Gasteiger partial charge in [0.25, 0.3) is 0 Å². The minimum Gasteiger partial charge on any atom is -0.493 e. The van der Waals surface area contributed by atoms with Crippen LogP contribution >= 0.6 is 0 Å². The van der Waals surface area contributed by atoms with Crippen molar-refractivity contribution in [3.05, 3.63) is 24.3 Å². The van der Waals surface area contributed by atoms with Crippen LogP contribution in [0.4, 0.5) is 12.9 Å². The van der Waals surface area contributed by atoms with Crippen LogP contribution in [0.3, 0.4) is 0 Å². The first kappa shape index (κ1) is 18.6. The molecular weight excluding hydrogens is 291 g/mol. The van der Waals surface area contributed by atoms with Gasteiger partial charge >= 0.3 is 58.4 Å². The third-order valence-electron chi connectivity index (χ3n) is 3.94. The maximum absolute atomic E-state index is 12.9. The Morgan fingerprint density at radius 1 is 1.10 bits per heavy atom. The van der Waals surface area contributed by atoms with Crippen molar-refractivity contribution in [3.63, 3.8) is 0 Å². The van der Waals surface area contributed by atoms with E-state index in [4.69, 9.17) is 4.74 Å². The van der Waals surface area contributed by atoms with Gasteiger partial charge in [-0.05, 0) is 37.7 Å². The van der Waals surface area contributed by atoms with Crippen LogP contribution in [0.2, 0.25) is 0 Å². The molecule has 0 heterocycles. The number of ether oxygens (including phenoxy) is 1. The van der Waals surface area contributed by atoms with Gasteiger partial charge in [-0.3, -0.25) is 0 Å². The number of hydrogen-bond acceptors (Lipinski definition) is 1. The molecular formula is C14H19BF3KO. The molecule has 0 saturated heterocycles. The zero-order chi connectivity index (χ0) is 13.9. The van der Waals surface area contributed by atoms with Crippen LogP contribution in [0.15, 0.2) is 24.3 Å². The molecule has 0 amide bonds. The summed E-state index contributed by atoms with van der Waals surface area (Å²) in [6.07, 6.45) is 4.91. The Balaban J connectivity index is 0.00000200. The van der Waals surface area contributed by atoms with Crippen LogP contribution in [-0.4, -0.2) is 13.1 Å². The second-order valence-electron chi connectivity index (χ2n) is 5.28. The topological polar surface area (TPSA) is 9.23 Å². The fourth-order valence-electron chi connectivity index (χ4n) is 2.70. The number of para-hydroxylation sites is 1. The predicted molar refractivity (Wildman–Crippen MR) is 71.8 cm³/mol. The van der Waals surface area contributed by atoms with E-state index < -0.39 is 12.4 Å². The average molecular weight is 310 g/mol. The zero-order valence-corrected chi connectivity index (χ0v) is 15.2. The van der Waals surface area contributed by atoms with Gasteiger partial charge in [0, 0.05) is 0 Å². The first-order chi connectivity index (χ1) is 9.00. The minimum atomic E-state index is -5.01. The van der Waals surface area contributed by atoms with E-state index in [1.54, 1.807) is 6.07 Å². The van der Waals surface area contributed by atoms with E-state index in [-0.39, 0.29) is 63.2 Å². The van der Waals surface area contributed by atoms with Gasteiger partial charge in [-0.15, -0.1) is 0 Å². The van der Waals surface area contributed by atoms with Gasteiger partial charge in [0.1, 0.15) is 0 Å². The van der Waals surface area contributed by atoms with Crippen molar-refractivity contribution < 1.29 is 69.1 Å². The minimum absolute atomic E-state index is 0. The number of hydrogen-bond donors (Lipinski definition) is 0. The molecule has 0 bridgehead atoms. The van der Waals surface area contributed by atoms with E-state index in [2.05, 4.69) is 6.92 Å². The molecule has 0 aromatic heterocycles. The molecule has 1 aromatic carbocycles. The Kier molecular flexibility index (Phi) is 7.63. The van der Waals surface area contributed by atoms with Crippen LogP contribution < -0.4 is 61.6 Å². The number of rotatable bonds is 4. The molecule has 2 rings (SSSR count). The monoisotopic (exact) mass is 310 g/mol. The van der Waals surface area contributed by atoms with Gasteiger partial charge < -0.3 is 17.7 Å². The van der Waals surface area contributed by atoms with Crippen LogP contribution in [0.1, 0.15) is 39.0 Å². The van der Waals surface area contributed by atoms with E-state index in [0.29, 0.717) is 5.92 Å². The molecule has 0 atom stereocenters. The molecule has 0 aliphatic heterocycles. The molecule has 1 aliphatic rings. The number of benzene rings is 1. The summed E-state index contributed by atoms with van der Waals surface area (Å²) in [5.41, 5.74) is -0.611. The van der Waals surface area contributed by atoms with Gasteiger partial charge in [0.15, 0.2) is 0 Å². The van der Waals surface area contributed by atoms with E-state index >= 15 is 0 Å². The Bertz CT molecular complexity index is 417. The molecule has 1 aliphatic carbocycles. The summed E-state index contributed by atoms with van der Waals surface area (Å²) in [7, 11) is 0. The summed E-state index contributed by atoms with van der Waals surface area (Å²) in [5.74, 6) is 0.705. The Morgan fingerprint density at radius 3 is 2.25 bits per heavy atom. The van der Waals surface area contributed by atoms with Crippen molar-refractivity contribution in [1.82, 2.24) is 0 Å². The standard InChI is InChI=1S/C14H19BF3O.K/c1-2-11-7-9-12(10-8-11)19-14-6-4-3-5-13(14)15(16,17)18;/h3-6,11-12H,2,7-10H2,1H3;/q-1;+1. The molecule has 1 fully saturated rings. The zero-order valence-electron chi connectivity index (χ0n) is 12.1. The molecule has 1 nitrogen and oxygen atoms in total. The third kappa shape index (κ3) is 5.05.